The fourth-order valence-corrected chi connectivity index (χ4v) is 5.11. The number of anilines is 1. The summed E-state index contributed by atoms with van der Waals surface area (Å²) in [6, 6.07) is 1.93. The molecule has 3 aromatic heterocycles. The highest BCUT2D eigenvalue weighted by Crippen LogP contribution is 2.40. The minimum Gasteiger partial charge on any atom is -0.377 e. The van der Waals surface area contributed by atoms with Crippen LogP contribution in [-0.4, -0.2) is 16.0 Å². The molecule has 0 bridgehead atoms. The normalized spacial score (nSPS) is 12.9. The number of rotatable bonds is 7. The summed E-state index contributed by atoms with van der Waals surface area (Å²) in [5, 5.41) is 7.47. The fourth-order valence-electron chi connectivity index (χ4n) is 2.75. The molecule has 3 N–H and O–H groups in total. The molecule has 25 heavy (non-hydrogen) atoms. The van der Waals surface area contributed by atoms with Crippen molar-refractivity contribution in [2.45, 2.75) is 39.3 Å². The Bertz CT molecular complexity index is 846. The van der Waals surface area contributed by atoms with Crippen LogP contribution in [0.5, 0.6) is 0 Å². The number of thiophene rings is 1. The van der Waals surface area contributed by atoms with Gasteiger partial charge in [-0.2, -0.15) is 0 Å². The van der Waals surface area contributed by atoms with Gasteiger partial charge in [0.15, 0.2) is 0 Å². The Morgan fingerprint density at radius 3 is 2.80 bits per heavy atom. The molecule has 0 aromatic carbocycles. The Morgan fingerprint density at radius 1 is 1.32 bits per heavy atom. The lowest BCUT2D eigenvalue weighted by Gasteiger charge is -2.12. The molecule has 0 aliphatic heterocycles. The number of pyridine rings is 1. The van der Waals surface area contributed by atoms with E-state index < -0.39 is 0 Å². The van der Waals surface area contributed by atoms with Crippen molar-refractivity contribution in [1.29, 1.82) is 0 Å². The van der Waals surface area contributed by atoms with Crippen LogP contribution >= 0.6 is 45.9 Å². The highest BCUT2D eigenvalue weighted by molar-refractivity contribution is 7.20. The van der Waals surface area contributed by atoms with Crippen molar-refractivity contribution in [1.82, 2.24) is 9.97 Å². The number of hydrogen-bond donors (Lipinski definition) is 2. The molecule has 3 heterocycles. The molecule has 1 atom stereocenters. The average molecular weight is 415 g/mol. The molecule has 0 radical (unpaired) electrons. The maximum absolute atomic E-state index is 6.58. The molecule has 4 nitrogen and oxygen atoms in total. The van der Waals surface area contributed by atoms with E-state index in [-0.39, 0.29) is 6.04 Å². The molecule has 8 heteroatoms. The summed E-state index contributed by atoms with van der Waals surface area (Å²) in [6.07, 6.45) is 3.52. The van der Waals surface area contributed by atoms with E-state index in [9.17, 15) is 0 Å². The number of thiazole rings is 1. The molecule has 3 rings (SSSR count). The van der Waals surface area contributed by atoms with Gasteiger partial charge >= 0.3 is 0 Å². The molecule has 0 unspecified atom stereocenters. The number of halogens is 2. The summed E-state index contributed by atoms with van der Waals surface area (Å²) in [7, 11) is 0. The van der Waals surface area contributed by atoms with Crippen molar-refractivity contribution in [3.8, 4) is 0 Å². The lowest BCUT2D eigenvalue weighted by atomic mass is 10.0. The molecular formula is C17H20Cl2N4S2. The zero-order valence-corrected chi connectivity index (χ0v) is 17.2. The molecule has 0 amide bonds. The van der Waals surface area contributed by atoms with E-state index in [0.717, 1.165) is 38.6 Å². The third-order valence-corrected chi connectivity index (χ3v) is 6.48. The minimum atomic E-state index is 0.0905. The fraction of sp³-hybridized carbons (Fsp3) is 0.412. The van der Waals surface area contributed by atoms with Crippen LogP contribution in [0.1, 0.15) is 30.2 Å². The SMILES string of the molecule is CC(C)C[C@H](N)Cc1sc2c(NCc3nccs3)cc(Cl)nc2c1Cl. The monoisotopic (exact) mass is 414 g/mol. The van der Waals surface area contributed by atoms with Gasteiger partial charge in [0.25, 0.3) is 0 Å². The largest absolute Gasteiger partial charge is 0.377 e. The molecule has 3 aromatic rings. The summed E-state index contributed by atoms with van der Waals surface area (Å²) in [5.74, 6) is 0.561. The van der Waals surface area contributed by atoms with E-state index in [2.05, 4.69) is 29.1 Å². The van der Waals surface area contributed by atoms with E-state index in [1.165, 1.54) is 0 Å². The average Bonchev–Trinajstić information content (AvgIpc) is 3.14. The quantitative estimate of drug-likeness (QED) is 0.494. The first-order valence-corrected chi connectivity index (χ1v) is 10.5. The first-order chi connectivity index (χ1) is 11.9. The Balaban J connectivity index is 1.88. The minimum absolute atomic E-state index is 0.0905. The van der Waals surface area contributed by atoms with Gasteiger partial charge < -0.3 is 11.1 Å². The van der Waals surface area contributed by atoms with Crippen LogP contribution in [0, 0.1) is 5.92 Å². The van der Waals surface area contributed by atoms with Crippen LogP contribution in [0.4, 0.5) is 5.69 Å². The number of nitrogens with one attached hydrogen (secondary N) is 1. The number of fused-ring (bicyclic) bond motifs is 1. The molecule has 0 aliphatic rings. The van der Waals surface area contributed by atoms with E-state index in [1.807, 2.05) is 11.4 Å². The van der Waals surface area contributed by atoms with Crippen molar-refractivity contribution >= 4 is 61.8 Å². The third kappa shape index (κ3) is 4.63. The van der Waals surface area contributed by atoms with Crippen LogP contribution in [0.15, 0.2) is 17.6 Å². The van der Waals surface area contributed by atoms with E-state index in [1.54, 1.807) is 28.9 Å². The first-order valence-electron chi connectivity index (χ1n) is 8.09. The molecule has 0 spiro atoms. The van der Waals surface area contributed by atoms with E-state index in [4.69, 9.17) is 28.9 Å². The zero-order valence-electron chi connectivity index (χ0n) is 14.1. The van der Waals surface area contributed by atoms with Crippen LogP contribution in [-0.2, 0) is 13.0 Å². The predicted octanol–water partition coefficient (Wildman–Crippen LogP) is 5.59. The number of hydrogen-bond acceptors (Lipinski definition) is 6. The lowest BCUT2D eigenvalue weighted by molar-refractivity contribution is 0.495. The van der Waals surface area contributed by atoms with Crippen LogP contribution < -0.4 is 11.1 Å². The molecule has 134 valence electrons. The zero-order chi connectivity index (χ0) is 18.0. The smallest absolute Gasteiger partial charge is 0.131 e. The number of nitrogens with two attached hydrogens (primary N) is 1. The number of nitrogens with zero attached hydrogens (tertiary/aromatic N) is 2. The molecule has 0 saturated carbocycles. The Morgan fingerprint density at radius 2 is 2.12 bits per heavy atom. The highest BCUT2D eigenvalue weighted by Gasteiger charge is 2.18. The summed E-state index contributed by atoms with van der Waals surface area (Å²) >= 11 is 16.0. The summed E-state index contributed by atoms with van der Waals surface area (Å²) in [6.45, 7) is 4.99. The van der Waals surface area contributed by atoms with Gasteiger partial charge in [-0.05, 0) is 18.8 Å². The van der Waals surface area contributed by atoms with Crippen LogP contribution in [0.2, 0.25) is 10.2 Å². The van der Waals surface area contributed by atoms with Gasteiger partial charge in [-0.15, -0.1) is 22.7 Å². The second-order valence-electron chi connectivity index (χ2n) is 6.38. The molecule has 0 aliphatic carbocycles. The van der Waals surface area contributed by atoms with Gasteiger partial charge in [-0.25, -0.2) is 9.97 Å². The van der Waals surface area contributed by atoms with Gasteiger partial charge in [0.1, 0.15) is 15.7 Å². The van der Waals surface area contributed by atoms with Crippen LogP contribution in [0.25, 0.3) is 10.2 Å². The van der Waals surface area contributed by atoms with Gasteiger partial charge in [-0.3, -0.25) is 0 Å². The van der Waals surface area contributed by atoms with Crippen molar-refractivity contribution in [3.05, 3.63) is 37.7 Å². The Labute approximate surface area is 165 Å². The van der Waals surface area contributed by atoms with Gasteiger partial charge in [0.05, 0.1) is 22.0 Å². The summed E-state index contributed by atoms with van der Waals surface area (Å²) in [5.41, 5.74) is 7.94. The second-order valence-corrected chi connectivity index (χ2v) is 9.23. The van der Waals surface area contributed by atoms with Crippen molar-refractivity contribution in [2.75, 3.05) is 5.32 Å². The van der Waals surface area contributed by atoms with Crippen molar-refractivity contribution in [3.63, 3.8) is 0 Å². The predicted molar refractivity (Wildman–Crippen MR) is 110 cm³/mol. The third-order valence-electron chi connectivity index (χ3n) is 3.75. The maximum atomic E-state index is 6.58. The van der Waals surface area contributed by atoms with Gasteiger partial charge in [0, 0.05) is 28.6 Å². The second kappa shape index (κ2) is 8.18. The lowest BCUT2D eigenvalue weighted by Crippen LogP contribution is -2.24. The standard InChI is InChI=1S/C17H20Cl2N4S2/c1-9(2)5-10(20)6-12-15(19)16-17(25-12)11(7-13(18)23-16)22-8-14-21-3-4-24-14/h3-4,7,9-10H,5-6,8,20H2,1-2H3,(H,22,23)/t10-/m0/s1. The van der Waals surface area contributed by atoms with Crippen LogP contribution in [0.3, 0.4) is 0 Å². The maximum Gasteiger partial charge on any atom is 0.131 e. The van der Waals surface area contributed by atoms with Crippen molar-refractivity contribution in [2.24, 2.45) is 11.7 Å². The summed E-state index contributed by atoms with van der Waals surface area (Å²) < 4.78 is 1.01. The van der Waals surface area contributed by atoms with E-state index in [0.29, 0.717) is 22.6 Å². The van der Waals surface area contributed by atoms with Crippen molar-refractivity contribution < 1.29 is 0 Å². The first kappa shape index (κ1) is 18.9. The van der Waals surface area contributed by atoms with Gasteiger partial charge in [0.2, 0.25) is 0 Å². The number of aromatic nitrogens is 2. The highest BCUT2D eigenvalue weighted by atomic mass is 35.5. The Hall–Kier alpha value is -0.920. The molecular weight excluding hydrogens is 395 g/mol. The summed E-state index contributed by atoms with van der Waals surface area (Å²) in [4.78, 5) is 9.78. The topological polar surface area (TPSA) is 63.8 Å². The Kier molecular flexibility index (Phi) is 6.17. The van der Waals surface area contributed by atoms with E-state index >= 15 is 0 Å². The molecule has 0 fully saturated rings. The molecule has 0 saturated heterocycles. The van der Waals surface area contributed by atoms with Gasteiger partial charge in [-0.1, -0.05) is 37.0 Å².